The maximum absolute atomic E-state index is 14.8. The lowest BCUT2D eigenvalue weighted by Crippen LogP contribution is -2.26. The van der Waals surface area contributed by atoms with Gasteiger partial charge in [-0.3, -0.25) is 9.59 Å². The summed E-state index contributed by atoms with van der Waals surface area (Å²) >= 11 is 6.24. The van der Waals surface area contributed by atoms with Crippen LogP contribution in [-0.4, -0.2) is 25.0 Å². The lowest BCUT2D eigenvalue weighted by Gasteiger charge is -2.30. The summed E-state index contributed by atoms with van der Waals surface area (Å²) in [6.45, 7) is 4.44. The van der Waals surface area contributed by atoms with Gasteiger partial charge < -0.3 is 10.1 Å². The Balaban J connectivity index is 1.69. The summed E-state index contributed by atoms with van der Waals surface area (Å²) in [6, 6.07) is 26.5. The molecule has 0 saturated heterocycles. The molecule has 0 aliphatic heterocycles. The molecule has 4 nitrogen and oxygen atoms in total. The minimum Gasteiger partial charge on any atom is -0.466 e. The van der Waals surface area contributed by atoms with Gasteiger partial charge in [0.1, 0.15) is 5.82 Å². The highest BCUT2D eigenvalue weighted by Crippen LogP contribution is 2.44. The van der Waals surface area contributed by atoms with Crippen LogP contribution in [0.25, 0.3) is 10.8 Å². The largest absolute Gasteiger partial charge is 0.466 e. The zero-order valence-electron chi connectivity index (χ0n) is 22.3. The summed E-state index contributed by atoms with van der Waals surface area (Å²) in [4.78, 5) is 24.2. The molecular formula is C33H33ClFNO3. The number of halogens is 2. The third-order valence-corrected chi connectivity index (χ3v) is 7.24. The van der Waals surface area contributed by atoms with Crippen molar-refractivity contribution in [1.82, 2.24) is 5.32 Å². The Hall–Kier alpha value is -3.70. The van der Waals surface area contributed by atoms with Crippen molar-refractivity contribution in [3.8, 4) is 0 Å². The smallest absolute Gasteiger partial charge is 0.307 e. The molecule has 1 amide bonds. The average molecular weight is 546 g/mol. The van der Waals surface area contributed by atoms with Gasteiger partial charge in [0, 0.05) is 28.4 Å². The molecule has 2 atom stereocenters. The van der Waals surface area contributed by atoms with E-state index in [0.717, 1.165) is 34.9 Å². The zero-order valence-corrected chi connectivity index (χ0v) is 23.0. The van der Waals surface area contributed by atoms with Gasteiger partial charge in [-0.25, -0.2) is 4.39 Å². The van der Waals surface area contributed by atoms with Crippen LogP contribution in [0.1, 0.15) is 72.0 Å². The Morgan fingerprint density at radius 3 is 2.21 bits per heavy atom. The number of amides is 1. The summed E-state index contributed by atoms with van der Waals surface area (Å²) in [5.74, 6) is -0.800. The number of ether oxygens (including phenoxy) is 1. The van der Waals surface area contributed by atoms with E-state index in [1.807, 2.05) is 78.9 Å². The normalized spacial score (nSPS) is 12.6. The van der Waals surface area contributed by atoms with Crippen LogP contribution in [0.15, 0.2) is 84.9 Å². The maximum Gasteiger partial charge on any atom is 0.307 e. The first-order valence-electron chi connectivity index (χ1n) is 13.4. The van der Waals surface area contributed by atoms with E-state index in [2.05, 4.69) is 12.2 Å². The topological polar surface area (TPSA) is 55.4 Å². The van der Waals surface area contributed by atoms with E-state index in [1.54, 1.807) is 13.0 Å². The van der Waals surface area contributed by atoms with Gasteiger partial charge in [0.25, 0.3) is 5.91 Å². The summed E-state index contributed by atoms with van der Waals surface area (Å²) in [6.07, 6.45) is 1.97. The van der Waals surface area contributed by atoms with Crippen LogP contribution >= 0.6 is 11.6 Å². The van der Waals surface area contributed by atoms with Crippen LogP contribution < -0.4 is 5.32 Å². The van der Waals surface area contributed by atoms with E-state index in [1.165, 1.54) is 0 Å². The summed E-state index contributed by atoms with van der Waals surface area (Å²) in [7, 11) is 0. The van der Waals surface area contributed by atoms with Crippen LogP contribution in [0.5, 0.6) is 0 Å². The molecule has 0 spiro atoms. The third kappa shape index (κ3) is 6.85. The molecular weight excluding hydrogens is 513 g/mol. The third-order valence-electron chi connectivity index (χ3n) is 6.99. The lowest BCUT2D eigenvalue weighted by atomic mass is 9.74. The number of carbonyl (C=O) groups is 2. The molecule has 0 radical (unpaired) electrons. The quantitative estimate of drug-likeness (QED) is 0.194. The Kier molecular flexibility index (Phi) is 9.72. The first-order chi connectivity index (χ1) is 18.9. The van der Waals surface area contributed by atoms with Gasteiger partial charge in [-0.15, -0.1) is 0 Å². The average Bonchev–Trinajstić information content (AvgIpc) is 2.95. The number of rotatable bonds is 11. The molecule has 6 heteroatoms. The van der Waals surface area contributed by atoms with Crippen LogP contribution in [0, 0.1) is 5.82 Å². The van der Waals surface area contributed by atoms with Gasteiger partial charge in [0.2, 0.25) is 0 Å². The number of esters is 1. The Bertz CT molecular complexity index is 1420. The van der Waals surface area contributed by atoms with Crippen molar-refractivity contribution in [3.63, 3.8) is 0 Å². The van der Waals surface area contributed by atoms with Crippen LogP contribution in [-0.2, 0) is 9.53 Å². The Morgan fingerprint density at radius 1 is 0.872 bits per heavy atom. The number of benzene rings is 4. The van der Waals surface area contributed by atoms with E-state index in [0.29, 0.717) is 22.6 Å². The predicted octanol–water partition coefficient (Wildman–Crippen LogP) is 8.03. The van der Waals surface area contributed by atoms with Gasteiger partial charge in [0.15, 0.2) is 0 Å². The molecule has 0 aromatic heterocycles. The van der Waals surface area contributed by atoms with Gasteiger partial charge in [-0.1, -0.05) is 79.5 Å². The van der Waals surface area contributed by atoms with E-state index in [4.69, 9.17) is 16.3 Å². The predicted molar refractivity (Wildman–Crippen MR) is 155 cm³/mol. The monoisotopic (exact) mass is 545 g/mol. The second kappa shape index (κ2) is 13.4. The molecule has 4 aromatic carbocycles. The van der Waals surface area contributed by atoms with Crippen molar-refractivity contribution in [2.24, 2.45) is 0 Å². The number of fused-ring (bicyclic) bond motifs is 1. The minimum atomic E-state index is -0.336. The van der Waals surface area contributed by atoms with E-state index in [-0.39, 0.29) is 42.5 Å². The summed E-state index contributed by atoms with van der Waals surface area (Å²) in [5.41, 5.74) is 3.75. The summed E-state index contributed by atoms with van der Waals surface area (Å²) in [5, 5.41) is 4.92. The van der Waals surface area contributed by atoms with Crippen molar-refractivity contribution < 1.29 is 18.7 Å². The van der Waals surface area contributed by atoms with Crippen molar-refractivity contribution >= 4 is 34.2 Å². The fourth-order valence-electron chi connectivity index (χ4n) is 5.19. The van der Waals surface area contributed by atoms with Gasteiger partial charge in [-0.05, 0) is 71.7 Å². The molecule has 202 valence electrons. The Labute approximate surface area is 234 Å². The van der Waals surface area contributed by atoms with Crippen molar-refractivity contribution in [1.29, 1.82) is 0 Å². The van der Waals surface area contributed by atoms with Crippen LogP contribution in [0.3, 0.4) is 0 Å². The van der Waals surface area contributed by atoms with E-state index in [9.17, 15) is 14.0 Å². The second-order valence-corrected chi connectivity index (χ2v) is 9.98. The summed E-state index contributed by atoms with van der Waals surface area (Å²) < 4.78 is 19.7. The number of hydrogen-bond donors (Lipinski definition) is 1. The number of carbonyl (C=O) groups excluding carboxylic acids is 2. The molecule has 0 aliphatic carbocycles. The maximum atomic E-state index is 14.8. The van der Waals surface area contributed by atoms with Gasteiger partial charge >= 0.3 is 5.97 Å². The van der Waals surface area contributed by atoms with Crippen molar-refractivity contribution in [2.75, 3.05) is 13.2 Å². The molecule has 1 unspecified atom stereocenters. The Morgan fingerprint density at radius 2 is 1.54 bits per heavy atom. The molecule has 1 N–H and O–H groups in total. The molecule has 0 fully saturated rings. The molecule has 0 aliphatic rings. The molecule has 0 saturated carbocycles. The standard InChI is InChI=1S/C33H33ClFNO3/c1-3-7-26(22-10-12-24(13-11-22)33(38)36-21-20-31(37)39-4-2)32(23-14-16-25(34)17-15-23)29-18-19-30(35)28-9-6-5-8-27(28)29/h5-6,8-19,26,32H,3-4,7,20-21H2,1-2H3,(H,36,38)/t26-,32?/m1/s1. The second-order valence-electron chi connectivity index (χ2n) is 9.54. The van der Waals surface area contributed by atoms with Crippen LogP contribution in [0.2, 0.25) is 5.02 Å². The number of hydrogen-bond acceptors (Lipinski definition) is 3. The van der Waals surface area contributed by atoms with Crippen molar-refractivity contribution in [3.05, 3.63) is 118 Å². The molecule has 39 heavy (non-hydrogen) atoms. The first kappa shape index (κ1) is 28.3. The van der Waals surface area contributed by atoms with Gasteiger partial charge in [0.05, 0.1) is 13.0 Å². The SMILES string of the molecule is CCC[C@H](c1ccc(C(=O)NCCC(=O)OCC)cc1)C(c1ccc(Cl)cc1)c1ccc(F)c2ccccc12. The van der Waals surface area contributed by atoms with E-state index < -0.39 is 0 Å². The van der Waals surface area contributed by atoms with E-state index >= 15 is 0 Å². The highest BCUT2D eigenvalue weighted by molar-refractivity contribution is 6.30. The van der Waals surface area contributed by atoms with Gasteiger partial charge in [-0.2, -0.15) is 0 Å². The number of nitrogens with one attached hydrogen (secondary N) is 1. The lowest BCUT2D eigenvalue weighted by molar-refractivity contribution is -0.142. The highest BCUT2D eigenvalue weighted by Gasteiger charge is 2.28. The zero-order chi connectivity index (χ0) is 27.8. The fraction of sp³-hybridized carbons (Fsp3) is 0.273. The van der Waals surface area contributed by atoms with Crippen molar-refractivity contribution in [2.45, 2.75) is 44.9 Å². The highest BCUT2D eigenvalue weighted by atomic mass is 35.5. The van der Waals surface area contributed by atoms with Crippen LogP contribution in [0.4, 0.5) is 4.39 Å². The molecule has 0 heterocycles. The minimum absolute atomic E-state index is 0.0584. The molecule has 4 aromatic rings. The fourth-order valence-corrected chi connectivity index (χ4v) is 5.31. The molecule has 0 bridgehead atoms. The molecule has 4 rings (SSSR count). The first-order valence-corrected chi connectivity index (χ1v) is 13.8.